The van der Waals surface area contributed by atoms with E-state index in [9.17, 15) is 18.3 Å². The Morgan fingerprint density at radius 2 is 1.81 bits per heavy atom. The van der Waals surface area contributed by atoms with Crippen molar-refractivity contribution < 1.29 is 18.3 Å². The molecule has 0 bridgehead atoms. The number of likely N-dealkylation sites (tertiary alicyclic amines) is 1. The van der Waals surface area contributed by atoms with Gasteiger partial charge in [-0.25, -0.2) is 4.98 Å². The van der Waals surface area contributed by atoms with Crippen LogP contribution in [0.15, 0.2) is 54.7 Å². The first-order valence-electron chi connectivity index (χ1n) is 10.8. The first-order valence-corrected chi connectivity index (χ1v) is 10.8. The number of halogens is 3. The molecule has 1 fully saturated rings. The van der Waals surface area contributed by atoms with E-state index >= 15 is 0 Å². The van der Waals surface area contributed by atoms with E-state index in [1.807, 2.05) is 18.2 Å². The molecular formula is C24H28F3N3O. The van der Waals surface area contributed by atoms with Crippen LogP contribution in [0.5, 0.6) is 0 Å². The normalized spacial score (nSPS) is 18.4. The molecule has 0 spiro atoms. The highest BCUT2D eigenvalue weighted by atomic mass is 19.4. The van der Waals surface area contributed by atoms with E-state index in [0.717, 1.165) is 23.6 Å². The molecule has 1 atom stereocenters. The van der Waals surface area contributed by atoms with Gasteiger partial charge in [0.25, 0.3) is 0 Å². The van der Waals surface area contributed by atoms with Crippen molar-refractivity contribution in [2.75, 3.05) is 19.6 Å². The first kappa shape index (κ1) is 21.8. The Bertz CT molecular complexity index is 1010. The lowest BCUT2D eigenvalue weighted by molar-refractivity contribution is -0.145. The van der Waals surface area contributed by atoms with Crippen molar-refractivity contribution in [3.8, 4) is 0 Å². The SMILES string of the molecule is CC(CCN1CCC(O)(Cn2c(C(F)(F)F)cc3cccnc32)CC1)c1ccccc1. The van der Waals surface area contributed by atoms with Gasteiger partial charge in [0.2, 0.25) is 0 Å². The predicted molar refractivity (Wildman–Crippen MR) is 115 cm³/mol. The van der Waals surface area contributed by atoms with Crippen LogP contribution < -0.4 is 0 Å². The Balaban J connectivity index is 1.40. The van der Waals surface area contributed by atoms with Crippen molar-refractivity contribution in [1.82, 2.24) is 14.5 Å². The number of hydrogen-bond acceptors (Lipinski definition) is 3. The van der Waals surface area contributed by atoms with Gasteiger partial charge in [0.1, 0.15) is 11.3 Å². The van der Waals surface area contributed by atoms with Gasteiger partial charge in [-0.3, -0.25) is 0 Å². The second kappa shape index (κ2) is 8.63. The summed E-state index contributed by atoms with van der Waals surface area (Å²) in [5, 5.41) is 11.6. The van der Waals surface area contributed by atoms with Crippen molar-refractivity contribution in [2.24, 2.45) is 0 Å². The minimum atomic E-state index is -4.49. The average molecular weight is 432 g/mol. The van der Waals surface area contributed by atoms with Crippen LogP contribution in [0.2, 0.25) is 0 Å². The third kappa shape index (κ3) is 4.93. The summed E-state index contributed by atoms with van der Waals surface area (Å²) < 4.78 is 42.0. The van der Waals surface area contributed by atoms with E-state index < -0.39 is 17.5 Å². The Labute approximate surface area is 180 Å². The molecule has 0 aliphatic carbocycles. The highest BCUT2D eigenvalue weighted by molar-refractivity contribution is 5.77. The maximum Gasteiger partial charge on any atom is 0.431 e. The Morgan fingerprint density at radius 3 is 2.48 bits per heavy atom. The zero-order chi connectivity index (χ0) is 22.1. The molecule has 0 saturated carbocycles. The van der Waals surface area contributed by atoms with Crippen molar-refractivity contribution >= 4 is 11.0 Å². The quantitative estimate of drug-likeness (QED) is 0.592. The van der Waals surface area contributed by atoms with Gasteiger partial charge in [0, 0.05) is 24.7 Å². The molecule has 7 heteroatoms. The summed E-state index contributed by atoms with van der Waals surface area (Å²) >= 11 is 0. The standard InChI is InChI=1S/C24H28F3N3O/c1-18(19-6-3-2-4-7-19)9-13-29-14-10-23(31,11-15-29)17-30-21(24(25,26)27)16-20-8-5-12-28-22(20)30/h2-8,12,16,18,31H,9-11,13-15,17H2,1H3. The van der Waals surface area contributed by atoms with Gasteiger partial charge < -0.3 is 14.6 Å². The highest BCUT2D eigenvalue weighted by Crippen LogP contribution is 2.36. The number of aromatic nitrogens is 2. The third-order valence-corrected chi connectivity index (χ3v) is 6.43. The fourth-order valence-electron chi connectivity index (χ4n) is 4.45. The lowest BCUT2D eigenvalue weighted by atomic mass is 9.90. The Kier molecular flexibility index (Phi) is 6.08. The van der Waals surface area contributed by atoms with Crippen molar-refractivity contribution in [3.05, 3.63) is 66.0 Å². The molecule has 1 aromatic carbocycles. The topological polar surface area (TPSA) is 41.3 Å². The summed E-state index contributed by atoms with van der Waals surface area (Å²) in [6.07, 6.45) is -1.12. The molecule has 4 nitrogen and oxygen atoms in total. The molecule has 31 heavy (non-hydrogen) atoms. The number of nitrogens with zero attached hydrogens (tertiary/aromatic N) is 3. The summed E-state index contributed by atoms with van der Waals surface area (Å²) in [4.78, 5) is 6.44. The maximum absolute atomic E-state index is 13.6. The van der Waals surface area contributed by atoms with Gasteiger partial charge in [-0.05, 0) is 55.5 Å². The molecule has 1 saturated heterocycles. The van der Waals surface area contributed by atoms with E-state index in [-0.39, 0.29) is 12.2 Å². The molecule has 3 heterocycles. The van der Waals surface area contributed by atoms with Gasteiger partial charge in [0.15, 0.2) is 0 Å². The molecule has 1 aliphatic heterocycles. The first-order chi connectivity index (χ1) is 14.8. The molecule has 1 unspecified atom stereocenters. The van der Waals surface area contributed by atoms with E-state index in [0.29, 0.717) is 37.2 Å². The van der Waals surface area contributed by atoms with Gasteiger partial charge in [-0.1, -0.05) is 37.3 Å². The highest BCUT2D eigenvalue weighted by Gasteiger charge is 2.39. The summed E-state index contributed by atoms with van der Waals surface area (Å²) in [7, 11) is 0. The molecule has 3 aromatic rings. The van der Waals surface area contributed by atoms with Gasteiger partial charge in [-0.15, -0.1) is 0 Å². The minimum Gasteiger partial charge on any atom is -0.388 e. The summed E-state index contributed by atoms with van der Waals surface area (Å²) in [6.45, 7) is 4.36. The fraction of sp³-hybridized carbons (Fsp3) is 0.458. The molecule has 4 rings (SSSR count). The summed E-state index contributed by atoms with van der Waals surface area (Å²) in [6, 6.07) is 14.7. The van der Waals surface area contributed by atoms with Crippen LogP contribution in [0.25, 0.3) is 11.0 Å². The van der Waals surface area contributed by atoms with E-state index in [1.165, 1.54) is 11.8 Å². The van der Waals surface area contributed by atoms with Gasteiger partial charge in [-0.2, -0.15) is 13.2 Å². The number of alkyl halides is 3. The zero-order valence-electron chi connectivity index (χ0n) is 17.6. The maximum atomic E-state index is 13.6. The van der Waals surface area contributed by atoms with E-state index in [2.05, 4.69) is 28.9 Å². The van der Waals surface area contributed by atoms with Crippen LogP contribution in [0.4, 0.5) is 13.2 Å². The van der Waals surface area contributed by atoms with Gasteiger partial charge in [0.05, 0.1) is 12.1 Å². The van der Waals surface area contributed by atoms with Crippen molar-refractivity contribution in [3.63, 3.8) is 0 Å². The molecule has 2 aromatic heterocycles. The zero-order valence-corrected chi connectivity index (χ0v) is 17.6. The van der Waals surface area contributed by atoms with E-state index in [1.54, 1.807) is 12.1 Å². The summed E-state index contributed by atoms with van der Waals surface area (Å²) in [5.41, 5.74) is -0.357. The lowest BCUT2D eigenvalue weighted by Gasteiger charge is -2.39. The van der Waals surface area contributed by atoms with Crippen LogP contribution >= 0.6 is 0 Å². The average Bonchev–Trinajstić information content (AvgIpc) is 3.12. The Hall–Kier alpha value is -2.38. The second-order valence-corrected chi connectivity index (χ2v) is 8.70. The van der Waals surface area contributed by atoms with E-state index in [4.69, 9.17) is 0 Å². The van der Waals surface area contributed by atoms with Crippen LogP contribution in [0.3, 0.4) is 0 Å². The van der Waals surface area contributed by atoms with Crippen LogP contribution in [0, 0.1) is 0 Å². The molecular weight excluding hydrogens is 403 g/mol. The molecule has 166 valence electrons. The number of hydrogen-bond donors (Lipinski definition) is 1. The molecule has 0 amide bonds. The minimum absolute atomic E-state index is 0.101. The largest absolute Gasteiger partial charge is 0.431 e. The summed E-state index contributed by atoms with van der Waals surface area (Å²) in [5.74, 6) is 0.439. The number of fused-ring (bicyclic) bond motifs is 1. The molecule has 0 radical (unpaired) electrons. The van der Waals surface area contributed by atoms with Crippen molar-refractivity contribution in [1.29, 1.82) is 0 Å². The monoisotopic (exact) mass is 431 g/mol. The van der Waals surface area contributed by atoms with Crippen LogP contribution in [0.1, 0.15) is 43.4 Å². The number of pyridine rings is 1. The smallest absolute Gasteiger partial charge is 0.388 e. The second-order valence-electron chi connectivity index (χ2n) is 8.70. The van der Waals surface area contributed by atoms with Crippen LogP contribution in [-0.2, 0) is 12.7 Å². The number of benzene rings is 1. The number of piperidine rings is 1. The fourth-order valence-corrected chi connectivity index (χ4v) is 4.45. The van der Waals surface area contributed by atoms with Gasteiger partial charge >= 0.3 is 6.18 Å². The Morgan fingerprint density at radius 1 is 1.10 bits per heavy atom. The third-order valence-electron chi connectivity index (χ3n) is 6.43. The lowest BCUT2D eigenvalue weighted by Crippen LogP contribution is -2.47. The number of aliphatic hydroxyl groups is 1. The van der Waals surface area contributed by atoms with Crippen LogP contribution in [-0.4, -0.2) is 44.8 Å². The predicted octanol–water partition coefficient (Wildman–Crippen LogP) is 5.08. The number of rotatable bonds is 6. The molecule has 1 aliphatic rings. The van der Waals surface area contributed by atoms with Crippen molar-refractivity contribution in [2.45, 2.75) is 50.4 Å². The molecule has 1 N–H and O–H groups in total.